The number of carbonyl (C=O) groups is 1. The molecule has 24 heavy (non-hydrogen) atoms. The molecule has 2 aromatic rings. The van der Waals surface area contributed by atoms with Crippen LogP contribution in [0, 0.1) is 11.3 Å². The third-order valence-electron chi connectivity index (χ3n) is 6.62. The summed E-state index contributed by atoms with van der Waals surface area (Å²) in [4.78, 5) is 11.4. The van der Waals surface area contributed by atoms with Gasteiger partial charge in [-0.3, -0.25) is 4.79 Å². The van der Waals surface area contributed by atoms with Gasteiger partial charge in [-0.2, -0.15) is 0 Å². The van der Waals surface area contributed by atoms with Crippen molar-refractivity contribution in [3.05, 3.63) is 23.0 Å². The van der Waals surface area contributed by atoms with Crippen LogP contribution in [0.25, 0.3) is 11.0 Å². The van der Waals surface area contributed by atoms with Crippen LogP contribution in [0.5, 0.6) is 11.5 Å². The summed E-state index contributed by atoms with van der Waals surface area (Å²) in [6.45, 7) is 7.00. The van der Waals surface area contributed by atoms with Crippen LogP contribution in [-0.2, 0) is 11.8 Å². The Labute approximate surface area is 141 Å². The zero-order chi connectivity index (χ0) is 17.3. The van der Waals surface area contributed by atoms with Crippen LogP contribution < -0.4 is 0 Å². The molecule has 0 saturated heterocycles. The molecule has 2 aliphatic rings. The molecule has 4 nitrogen and oxygen atoms in total. The van der Waals surface area contributed by atoms with Gasteiger partial charge in [0.1, 0.15) is 16.9 Å². The number of aromatic hydroxyl groups is 2. The third kappa shape index (κ3) is 1.83. The van der Waals surface area contributed by atoms with Crippen molar-refractivity contribution in [3.8, 4) is 11.5 Å². The summed E-state index contributed by atoms with van der Waals surface area (Å²) in [6, 6.07) is 1.56. The molecule has 2 aliphatic carbocycles. The Morgan fingerprint density at radius 3 is 2.71 bits per heavy atom. The van der Waals surface area contributed by atoms with Gasteiger partial charge < -0.3 is 14.6 Å². The first-order chi connectivity index (χ1) is 11.3. The smallest absolute Gasteiger partial charge is 0.172 e. The monoisotopic (exact) mass is 328 g/mol. The average molecular weight is 328 g/mol. The highest BCUT2D eigenvalue weighted by Gasteiger charge is 2.51. The van der Waals surface area contributed by atoms with Gasteiger partial charge in [0.05, 0.1) is 0 Å². The van der Waals surface area contributed by atoms with E-state index in [1.54, 1.807) is 6.07 Å². The van der Waals surface area contributed by atoms with E-state index in [4.69, 9.17) is 4.42 Å². The lowest BCUT2D eigenvalue weighted by atomic mass is 9.51. The van der Waals surface area contributed by atoms with Crippen molar-refractivity contribution in [3.63, 3.8) is 0 Å². The second-order valence-electron chi connectivity index (χ2n) is 8.40. The highest BCUT2D eigenvalue weighted by atomic mass is 16.3. The summed E-state index contributed by atoms with van der Waals surface area (Å²) < 4.78 is 6.03. The summed E-state index contributed by atoms with van der Waals surface area (Å²) in [5, 5.41) is 20.9. The van der Waals surface area contributed by atoms with Crippen LogP contribution >= 0.6 is 0 Å². The highest BCUT2D eigenvalue weighted by Crippen LogP contribution is 2.59. The van der Waals surface area contributed by atoms with Crippen LogP contribution in [0.2, 0.25) is 0 Å². The maximum Gasteiger partial charge on any atom is 0.172 e. The zero-order valence-corrected chi connectivity index (χ0v) is 14.5. The molecule has 1 aromatic heterocycles. The van der Waals surface area contributed by atoms with Gasteiger partial charge in [0.15, 0.2) is 17.8 Å². The Morgan fingerprint density at radius 2 is 2.00 bits per heavy atom. The van der Waals surface area contributed by atoms with Crippen LogP contribution in [0.1, 0.15) is 68.1 Å². The molecule has 0 bridgehead atoms. The van der Waals surface area contributed by atoms with Gasteiger partial charge in [-0.05, 0) is 42.1 Å². The number of fused-ring (bicyclic) bond motifs is 5. The normalized spacial score (nSPS) is 28.4. The molecule has 2 N–H and O–H groups in total. The molecule has 1 fully saturated rings. The first-order valence-electron chi connectivity index (χ1n) is 8.75. The summed E-state index contributed by atoms with van der Waals surface area (Å²) in [6.07, 6.45) is 5.96. The van der Waals surface area contributed by atoms with Gasteiger partial charge in [-0.25, -0.2) is 0 Å². The summed E-state index contributed by atoms with van der Waals surface area (Å²) in [5.74, 6) is 0.806. The molecule has 0 amide bonds. The van der Waals surface area contributed by atoms with Gasteiger partial charge in [-0.15, -0.1) is 0 Å². The van der Waals surface area contributed by atoms with E-state index in [9.17, 15) is 15.0 Å². The molecule has 0 radical (unpaired) electrons. The number of phenols is 2. The van der Waals surface area contributed by atoms with Crippen molar-refractivity contribution >= 4 is 17.3 Å². The first kappa shape index (κ1) is 15.6. The molecule has 2 atom stereocenters. The van der Waals surface area contributed by atoms with Crippen molar-refractivity contribution in [1.29, 1.82) is 0 Å². The number of furan rings is 1. The van der Waals surface area contributed by atoms with Crippen molar-refractivity contribution in [2.24, 2.45) is 11.3 Å². The Bertz CT molecular complexity index is 845. The Hall–Kier alpha value is -1.97. The van der Waals surface area contributed by atoms with E-state index in [0.717, 1.165) is 42.4 Å². The Morgan fingerprint density at radius 1 is 1.25 bits per heavy atom. The summed E-state index contributed by atoms with van der Waals surface area (Å²) in [7, 11) is 0. The van der Waals surface area contributed by atoms with E-state index >= 15 is 0 Å². The predicted octanol–water partition coefficient (Wildman–Crippen LogP) is 4.69. The molecule has 1 aromatic carbocycles. The maximum absolute atomic E-state index is 11.4. The lowest BCUT2D eigenvalue weighted by molar-refractivity contribution is 0.0387. The Balaban J connectivity index is 2.04. The zero-order valence-electron chi connectivity index (χ0n) is 14.5. The van der Waals surface area contributed by atoms with E-state index in [1.807, 2.05) is 0 Å². The van der Waals surface area contributed by atoms with Crippen LogP contribution in [0.4, 0.5) is 0 Å². The number of aryl methyl sites for hydroxylation is 1. The number of benzene rings is 1. The fourth-order valence-electron chi connectivity index (χ4n) is 5.60. The minimum Gasteiger partial charge on any atom is -0.504 e. The first-order valence-corrected chi connectivity index (χ1v) is 8.75. The molecule has 0 unspecified atom stereocenters. The average Bonchev–Trinajstić information content (AvgIpc) is 2.87. The lowest BCUT2D eigenvalue weighted by Crippen LogP contribution is -2.47. The van der Waals surface area contributed by atoms with E-state index in [1.165, 1.54) is 6.42 Å². The second-order valence-corrected chi connectivity index (χ2v) is 8.40. The minimum atomic E-state index is -0.394. The van der Waals surface area contributed by atoms with Crippen molar-refractivity contribution < 1.29 is 19.4 Å². The fraction of sp³-hybridized carbons (Fsp3) is 0.550. The number of aldehydes is 1. The van der Waals surface area contributed by atoms with Gasteiger partial charge in [0.25, 0.3) is 0 Å². The van der Waals surface area contributed by atoms with Crippen molar-refractivity contribution in [1.82, 2.24) is 0 Å². The largest absolute Gasteiger partial charge is 0.504 e. The van der Waals surface area contributed by atoms with E-state index in [0.29, 0.717) is 17.8 Å². The third-order valence-corrected chi connectivity index (χ3v) is 6.62. The molecule has 4 heteroatoms. The van der Waals surface area contributed by atoms with Gasteiger partial charge in [0.2, 0.25) is 0 Å². The van der Waals surface area contributed by atoms with E-state index < -0.39 is 5.75 Å². The topological polar surface area (TPSA) is 70.7 Å². The van der Waals surface area contributed by atoms with Crippen molar-refractivity contribution in [2.45, 2.75) is 58.3 Å². The molecule has 0 spiro atoms. The second kappa shape index (κ2) is 4.78. The number of hydrogen-bond donors (Lipinski definition) is 2. The van der Waals surface area contributed by atoms with Crippen LogP contribution in [0.15, 0.2) is 10.5 Å². The lowest BCUT2D eigenvalue weighted by Gasteiger charge is -2.53. The molecular weight excluding hydrogens is 304 g/mol. The number of phenolic OH excluding ortho intramolecular Hbond substituents is 2. The molecular formula is C20H24O4. The van der Waals surface area contributed by atoms with Crippen molar-refractivity contribution in [2.75, 3.05) is 0 Å². The quantitative estimate of drug-likeness (QED) is 0.588. The standard InChI is InChI=1S/C20H24O4/c1-19(2)7-4-8-20(3)15(19)6-5-14-16(20)11-9-13(22)17(23)12(10-21)18(11)24-14/h9-10,15,22-23H,4-8H2,1-3H3/t15-,20-/m0/s1. The van der Waals surface area contributed by atoms with E-state index in [-0.39, 0.29) is 22.1 Å². The van der Waals surface area contributed by atoms with Gasteiger partial charge >= 0.3 is 0 Å². The minimum absolute atomic E-state index is 0.0237. The van der Waals surface area contributed by atoms with Crippen LogP contribution in [0.3, 0.4) is 0 Å². The van der Waals surface area contributed by atoms with Gasteiger partial charge in [0, 0.05) is 17.4 Å². The van der Waals surface area contributed by atoms with E-state index in [2.05, 4.69) is 20.8 Å². The molecule has 4 rings (SSSR count). The molecule has 0 aliphatic heterocycles. The SMILES string of the molecule is CC1(C)CCC[C@]2(C)c3c(oc4c(C=O)c(O)c(O)cc34)CC[C@@H]12. The summed E-state index contributed by atoms with van der Waals surface area (Å²) >= 11 is 0. The molecule has 1 heterocycles. The fourth-order valence-corrected chi connectivity index (χ4v) is 5.60. The number of carbonyl (C=O) groups excluding carboxylic acids is 1. The maximum atomic E-state index is 11.4. The number of rotatable bonds is 1. The summed E-state index contributed by atoms with van der Waals surface area (Å²) in [5.41, 5.74) is 1.84. The highest BCUT2D eigenvalue weighted by molar-refractivity contribution is 6.01. The molecule has 128 valence electrons. The number of hydrogen-bond acceptors (Lipinski definition) is 4. The predicted molar refractivity (Wildman–Crippen MR) is 91.7 cm³/mol. The molecule has 1 saturated carbocycles. The Kier molecular flexibility index (Phi) is 3.09. The van der Waals surface area contributed by atoms with Gasteiger partial charge in [-0.1, -0.05) is 27.2 Å². The van der Waals surface area contributed by atoms with Crippen LogP contribution in [-0.4, -0.2) is 16.5 Å².